The number of hydrogen-bond acceptors (Lipinski definition) is 6. The molecule has 1 aliphatic heterocycles. The highest BCUT2D eigenvalue weighted by molar-refractivity contribution is 7.13. The quantitative estimate of drug-likeness (QED) is 0.842. The van der Waals surface area contributed by atoms with Gasteiger partial charge in [-0.25, -0.2) is 4.98 Å². The predicted octanol–water partition coefficient (Wildman–Crippen LogP) is 2.63. The van der Waals surface area contributed by atoms with E-state index < -0.39 is 6.04 Å². The van der Waals surface area contributed by atoms with Crippen molar-refractivity contribution in [2.45, 2.75) is 37.6 Å². The van der Waals surface area contributed by atoms with Crippen molar-refractivity contribution in [3.63, 3.8) is 0 Å². The van der Waals surface area contributed by atoms with E-state index >= 15 is 0 Å². The number of carbonyl (C=O) groups is 2. The molecule has 2 aromatic rings. The van der Waals surface area contributed by atoms with E-state index in [1.165, 1.54) is 16.9 Å². The fourth-order valence-corrected chi connectivity index (χ4v) is 4.95. The molecule has 0 radical (unpaired) electrons. The number of allylic oxidation sites excluding steroid dienone is 4. The van der Waals surface area contributed by atoms with E-state index in [1.54, 1.807) is 18.1 Å². The van der Waals surface area contributed by atoms with Crippen molar-refractivity contribution >= 4 is 29.0 Å². The molecular formula is C21H21N5O2S. The lowest BCUT2D eigenvalue weighted by molar-refractivity contribution is -0.120. The Morgan fingerprint density at radius 1 is 1.34 bits per heavy atom. The minimum absolute atomic E-state index is 0.101. The SMILES string of the molecule is CN1C(=O)[C@H](NC(=O)c2nnc(CC3=CCCC=C3)s2)[C@@H]2C[C@@H]2c2cccnc21. The first-order valence-electron chi connectivity index (χ1n) is 9.83. The van der Waals surface area contributed by atoms with Gasteiger partial charge in [-0.2, -0.15) is 0 Å². The topological polar surface area (TPSA) is 88.1 Å². The first kappa shape index (κ1) is 18.2. The third-order valence-corrected chi connectivity index (χ3v) is 6.70. The summed E-state index contributed by atoms with van der Waals surface area (Å²) in [7, 11) is 1.71. The fraction of sp³-hybridized carbons (Fsp3) is 0.381. The van der Waals surface area contributed by atoms with Crippen LogP contribution >= 0.6 is 11.3 Å². The molecule has 0 spiro atoms. The molecule has 7 nitrogen and oxygen atoms in total. The highest BCUT2D eigenvalue weighted by atomic mass is 32.1. The largest absolute Gasteiger partial charge is 0.338 e. The molecule has 0 unspecified atom stereocenters. The summed E-state index contributed by atoms with van der Waals surface area (Å²) in [5, 5.41) is 12.2. The van der Waals surface area contributed by atoms with Crippen molar-refractivity contribution in [1.29, 1.82) is 0 Å². The Kier molecular flexibility index (Phi) is 4.50. The van der Waals surface area contributed by atoms with Crippen LogP contribution in [0.4, 0.5) is 5.82 Å². The van der Waals surface area contributed by atoms with Crippen molar-refractivity contribution in [2.75, 3.05) is 11.9 Å². The first-order chi connectivity index (χ1) is 14.1. The van der Waals surface area contributed by atoms with Gasteiger partial charge in [-0.3, -0.25) is 14.5 Å². The van der Waals surface area contributed by atoms with Crippen LogP contribution in [0, 0.1) is 5.92 Å². The molecule has 0 bridgehead atoms. The van der Waals surface area contributed by atoms with Gasteiger partial charge in [0, 0.05) is 19.7 Å². The molecule has 1 saturated carbocycles. The van der Waals surface area contributed by atoms with Gasteiger partial charge >= 0.3 is 0 Å². The summed E-state index contributed by atoms with van der Waals surface area (Å²) >= 11 is 1.29. The van der Waals surface area contributed by atoms with Crippen LogP contribution in [-0.2, 0) is 11.2 Å². The Morgan fingerprint density at radius 2 is 2.24 bits per heavy atom. The van der Waals surface area contributed by atoms with E-state index in [0.717, 1.165) is 29.8 Å². The predicted molar refractivity (Wildman–Crippen MR) is 110 cm³/mol. The molecule has 0 aromatic carbocycles. The second kappa shape index (κ2) is 7.18. The summed E-state index contributed by atoms with van der Waals surface area (Å²) in [6, 6.07) is 3.35. The third kappa shape index (κ3) is 3.37. The van der Waals surface area contributed by atoms with Crippen LogP contribution in [0.3, 0.4) is 0 Å². The molecule has 3 aliphatic rings. The van der Waals surface area contributed by atoms with Crippen molar-refractivity contribution in [2.24, 2.45) is 5.92 Å². The van der Waals surface area contributed by atoms with Gasteiger partial charge < -0.3 is 5.32 Å². The Morgan fingerprint density at radius 3 is 3.07 bits per heavy atom. The van der Waals surface area contributed by atoms with E-state index in [-0.39, 0.29) is 23.7 Å². The highest BCUT2D eigenvalue weighted by Crippen LogP contribution is 2.53. The number of nitrogens with one attached hydrogen (secondary N) is 1. The zero-order valence-electron chi connectivity index (χ0n) is 16.0. The summed E-state index contributed by atoms with van der Waals surface area (Å²) < 4.78 is 0. The molecule has 2 aromatic heterocycles. The van der Waals surface area contributed by atoms with E-state index in [9.17, 15) is 9.59 Å². The Bertz CT molecular complexity index is 1040. The maximum Gasteiger partial charge on any atom is 0.282 e. The van der Waals surface area contributed by atoms with Gasteiger partial charge in [0.15, 0.2) is 0 Å². The van der Waals surface area contributed by atoms with Gasteiger partial charge in [-0.05, 0) is 48.3 Å². The Hall–Kier alpha value is -2.87. The average Bonchev–Trinajstić information content (AvgIpc) is 3.41. The Labute approximate surface area is 172 Å². The minimum atomic E-state index is -0.567. The molecule has 29 heavy (non-hydrogen) atoms. The molecule has 8 heteroatoms. The molecule has 1 N–H and O–H groups in total. The van der Waals surface area contributed by atoms with Crippen LogP contribution in [0.1, 0.15) is 45.6 Å². The number of hydrogen-bond donors (Lipinski definition) is 1. The lowest BCUT2D eigenvalue weighted by Crippen LogP contribution is -2.48. The van der Waals surface area contributed by atoms with Crippen LogP contribution in [-0.4, -0.2) is 40.1 Å². The van der Waals surface area contributed by atoms with Gasteiger partial charge in [-0.1, -0.05) is 35.6 Å². The number of rotatable bonds is 4. The van der Waals surface area contributed by atoms with Gasteiger partial charge in [0.1, 0.15) is 16.9 Å². The van der Waals surface area contributed by atoms with Crippen molar-refractivity contribution in [1.82, 2.24) is 20.5 Å². The number of anilines is 1. The molecule has 2 aliphatic carbocycles. The van der Waals surface area contributed by atoms with Gasteiger partial charge in [0.2, 0.25) is 5.01 Å². The summed E-state index contributed by atoms with van der Waals surface area (Å²) in [4.78, 5) is 31.7. The van der Waals surface area contributed by atoms with E-state index in [2.05, 4.69) is 38.7 Å². The first-order valence-corrected chi connectivity index (χ1v) is 10.6. The van der Waals surface area contributed by atoms with Crippen LogP contribution in [0.25, 0.3) is 0 Å². The zero-order chi connectivity index (χ0) is 20.0. The van der Waals surface area contributed by atoms with Crippen molar-refractivity contribution in [3.8, 4) is 0 Å². The zero-order valence-corrected chi connectivity index (χ0v) is 16.9. The van der Waals surface area contributed by atoms with Crippen molar-refractivity contribution in [3.05, 3.63) is 57.7 Å². The number of likely N-dealkylation sites (N-methyl/N-ethyl adjacent to an activating group) is 1. The maximum absolute atomic E-state index is 13.0. The van der Waals surface area contributed by atoms with Gasteiger partial charge in [0.25, 0.3) is 11.8 Å². The van der Waals surface area contributed by atoms with E-state index in [4.69, 9.17) is 0 Å². The molecular weight excluding hydrogens is 386 g/mol. The normalized spacial score (nSPS) is 25.0. The second-order valence-corrected chi connectivity index (χ2v) is 8.77. The number of fused-ring (bicyclic) bond motifs is 3. The lowest BCUT2D eigenvalue weighted by Gasteiger charge is -2.22. The van der Waals surface area contributed by atoms with Gasteiger partial charge in [-0.15, -0.1) is 10.2 Å². The summed E-state index contributed by atoms with van der Waals surface area (Å²) in [6.07, 6.45) is 11.8. The van der Waals surface area contributed by atoms with Crippen LogP contribution in [0.2, 0.25) is 0 Å². The van der Waals surface area contributed by atoms with Crippen LogP contribution in [0.15, 0.2) is 42.1 Å². The smallest absolute Gasteiger partial charge is 0.282 e. The monoisotopic (exact) mass is 407 g/mol. The van der Waals surface area contributed by atoms with Gasteiger partial charge in [0.05, 0.1) is 0 Å². The number of pyridine rings is 1. The van der Waals surface area contributed by atoms with Crippen LogP contribution < -0.4 is 10.2 Å². The molecule has 3 heterocycles. The van der Waals surface area contributed by atoms with Crippen LogP contribution in [0.5, 0.6) is 0 Å². The summed E-state index contributed by atoms with van der Waals surface area (Å²) in [6.45, 7) is 0. The van der Waals surface area contributed by atoms with E-state index in [1.807, 2.05) is 12.1 Å². The number of nitrogens with zero attached hydrogens (tertiary/aromatic N) is 4. The maximum atomic E-state index is 13.0. The molecule has 3 atom stereocenters. The van der Waals surface area contributed by atoms with E-state index in [0.29, 0.717) is 17.2 Å². The average molecular weight is 407 g/mol. The van der Waals surface area contributed by atoms with Crippen molar-refractivity contribution < 1.29 is 9.59 Å². The number of amides is 2. The molecule has 0 saturated heterocycles. The number of aromatic nitrogens is 3. The molecule has 2 amide bonds. The standard InChI is InChI=1S/C21H21N5O2S/c1-26-18-13(8-5-9-22-18)14-11-15(14)17(21(26)28)23-19(27)20-25-24-16(29-20)10-12-6-3-2-4-7-12/h3,5-9,14-15,17H,2,4,10-11H2,1H3,(H,23,27)/t14-,15-,17-/m1/s1. The molecule has 148 valence electrons. The fourth-order valence-electron chi connectivity index (χ4n) is 4.18. The molecule has 5 rings (SSSR count). The lowest BCUT2D eigenvalue weighted by atomic mass is 10.1. The Balaban J connectivity index is 1.31. The second-order valence-electron chi connectivity index (χ2n) is 7.71. The minimum Gasteiger partial charge on any atom is -0.338 e. The summed E-state index contributed by atoms with van der Waals surface area (Å²) in [5.74, 6) is 0.578. The molecule has 1 fully saturated rings. The highest BCUT2D eigenvalue weighted by Gasteiger charge is 2.52. The third-order valence-electron chi connectivity index (χ3n) is 5.77. The number of carbonyl (C=O) groups excluding carboxylic acids is 2. The summed E-state index contributed by atoms with van der Waals surface area (Å²) in [5.41, 5.74) is 2.28.